The molecule has 0 aromatic carbocycles. The summed E-state index contributed by atoms with van der Waals surface area (Å²) in [6.45, 7) is 0. The quantitative estimate of drug-likeness (QED) is 0.432. The Morgan fingerprint density at radius 3 is 3.13 bits per heavy atom. The Balaban J connectivity index is 2.50. The molecule has 0 aliphatic carbocycles. The molecule has 0 N–H and O–H groups in total. The van der Waals surface area contributed by atoms with Crippen LogP contribution in [0.15, 0.2) is 23.4 Å². The van der Waals surface area contributed by atoms with Gasteiger partial charge in [-0.05, 0) is 12.1 Å². The summed E-state index contributed by atoms with van der Waals surface area (Å²) in [7, 11) is 1.35. The molecule has 1 aromatic rings. The van der Waals surface area contributed by atoms with Gasteiger partial charge in [-0.1, -0.05) is 0 Å². The second kappa shape index (κ2) is 6.19. The maximum atomic E-state index is 10.8. The lowest BCUT2D eigenvalue weighted by Crippen LogP contribution is -2.01. The van der Waals surface area contributed by atoms with Crippen LogP contribution in [0.1, 0.15) is 16.8 Å². The first-order valence-corrected chi connectivity index (χ1v) is 5.36. The van der Waals surface area contributed by atoms with Crippen LogP contribution in [0.3, 0.4) is 0 Å². The van der Waals surface area contributed by atoms with Crippen LogP contribution in [-0.4, -0.2) is 30.1 Å². The van der Waals surface area contributed by atoms with Crippen molar-refractivity contribution in [2.24, 2.45) is 0 Å². The molecule has 0 radical (unpaired) electrons. The zero-order valence-electron chi connectivity index (χ0n) is 8.30. The summed E-state index contributed by atoms with van der Waals surface area (Å²) in [6.07, 6.45) is 2.69. The number of pyridine rings is 1. The molecule has 1 heterocycles. The van der Waals surface area contributed by atoms with E-state index < -0.39 is 0 Å². The number of thioether (sulfide) groups is 1. The van der Waals surface area contributed by atoms with Gasteiger partial charge in [0.25, 0.3) is 0 Å². The van der Waals surface area contributed by atoms with Crippen molar-refractivity contribution in [3.05, 3.63) is 23.9 Å². The van der Waals surface area contributed by atoms with Gasteiger partial charge in [0.1, 0.15) is 5.03 Å². The summed E-state index contributed by atoms with van der Waals surface area (Å²) in [5, 5.41) is 0.649. The summed E-state index contributed by atoms with van der Waals surface area (Å²) < 4.78 is 4.50. The Labute approximate surface area is 92.0 Å². The minimum Gasteiger partial charge on any atom is -0.469 e. The first-order valence-electron chi connectivity index (χ1n) is 4.37. The van der Waals surface area contributed by atoms with Crippen molar-refractivity contribution in [1.82, 2.24) is 4.98 Å². The molecule has 4 nitrogen and oxygen atoms in total. The lowest BCUT2D eigenvalue weighted by molar-refractivity contribution is -0.140. The molecule has 0 bridgehead atoms. The standard InChI is InChI=1S/C10H11NO3S/c1-14-9(13)4-6-15-10-8(7-12)3-2-5-11-10/h2-3,5,7H,4,6H2,1H3. The number of esters is 1. The van der Waals surface area contributed by atoms with Crippen LogP contribution < -0.4 is 0 Å². The topological polar surface area (TPSA) is 56.3 Å². The maximum absolute atomic E-state index is 10.8. The third kappa shape index (κ3) is 3.71. The fourth-order valence-electron chi connectivity index (χ4n) is 0.947. The molecule has 0 saturated carbocycles. The van der Waals surface area contributed by atoms with Gasteiger partial charge >= 0.3 is 5.97 Å². The SMILES string of the molecule is COC(=O)CCSc1ncccc1C=O. The summed E-state index contributed by atoms with van der Waals surface area (Å²) in [6, 6.07) is 3.40. The number of hydrogen-bond acceptors (Lipinski definition) is 5. The second-order valence-corrected chi connectivity index (χ2v) is 3.77. The number of aldehydes is 1. The van der Waals surface area contributed by atoms with E-state index in [9.17, 15) is 9.59 Å². The lowest BCUT2D eigenvalue weighted by Gasteiger charge is -2.01. The highest BCUT2D eigenvalue weighted by atomic mass is 32.2. The molecule has 0 fully saturated rings. The molecular weight excluding hydrogens is 214 g/mol. The fourth-order valence-corrected chi connectivity index (χ4v) is 1.83. The lowest BCUT2D eigenvalue weighted by atomic mass is 10.3. The molecule has 1 aromatic heterocycles. The average Bonchev–Trinajstić information content (AvgIpc) is 2.29. The zero-order chi connectivity index (χ0) is 11.1. The second-order valence-electron chi connectivity index (χ2n) is 2.69. The van der Waals surface area contributed by atoms with Crippen LogP contribution in [0.4, 0.5) is 0 Å². The molecular formula is C10H11NO3S. The predicted octanol–water partition coefficient (Wildman–Crippen LogP) is 1.55. The van der Waals surface area contributed by atoms with E-state index in [0.717, 1.165) is 6.29 Å². The van der Waals surface area contributed by atoms with E-state index >= 15 is 0 Å². The molecule has 5 heteroatoms. The van der Waals surface area contributed by atoms with E-state index in [4.69, 9.17) is 0 Å². The molecule has 0 saturated heterocycles. The minimum absolute atomic E-state index is 0.258. The van der Waals surface area contributed by atoms with Crippen LogP contribution in [0.25, 0.3) is 0 Å². The molecule has 0 aliphatic rings. The number of hydrogen-bond donors (Lipinski definition) is 0. The molecule has 0 unspecified atom stereocenters. The van der Waals surface area contributed by atoms with Crippen molar-refractivity contribution < 1.29 is 14.3 Å². The van der Waals surface area contributed by atoms with E-state index in [2.05, 4.69) is 9.72 Å². The van der Waals surface area contributed by atoms with Crippen molar-refractivity contribution in [3.8, 4) is 0 Å². The van der Waals surface area contributed by atoms with Gasteiger partial charge in [0, 0.05) is 17.5 Å². The number of carbonyl (C=O) groups excluding carboxylic acids is 2. The number of aromatic nitrogens is 1. The van der Waals surface area contributed by atoms with Crippen molar-refractivity contribution >= 4 is 24.0 Å². The number of rotatable bonds is 5. The van der Waals surface area contributed by atoms with Crippen LogP contribution in [-0.2, 0) is 9.53 Å². The normalized spacial score (nSPS) is 9.67. The van der Waals surface area contributed by atoms with E-state index in [1.54, 1.807) is 18.3 Å². The first-order chi connectivity index (χ1) is 7.27. The molecule has 1 rings (SSSR count). The maximum Gasteiger partial charge on any atom is 0.306 e. The van der Waals surface area contributed by atoms with E-state index in [0.29, 0.717) is 22.8 Å². The largest absolute Gasteiger partial charge is 0.469 e. The summed E-state index contributed by atoms with van der Waals surface area (Å²) >= 11 is 1.37. The van der Waals surface area contributed by atoms with Gasteiger partial charge in [-0.25, -0.2) is 4.98 Å². The van der Waals surface area contributed by atoms with Gasteiger partial charge < -0.3 is 4.74 Å². The number of nitrogens with zero attached hydrogens (tertiary/aromatic N) is 1. The van der Waals surface area contributed by atoms with Gasteiger partial charge in [-0.3, -0.25) is 9.59 Å². The summed E-state index contributed by atoms with van der Waals surface area (Å²) in [4.78, 5) is 25.5. The Bertz CT molecular complexity index is 354. The highest BCUT2D eigenvalue weighted by Gasteiger charge is 2.05. The summed E-state index contributed by atoms with van der Waals surface area (Å²) in [5.41, 5.74) is 0.548. The molecule has 0 amide bonds. The van der Waals surface area contributed by atoms with Gasteiger partial charge in [-0.2, -0.15) is 0 Å². The van der Waals surface area contributed by atoms with Gasteiger partial charge in [0.05, 0.1) is 13.5 Å². The van der Waals surface area contributed by atoms with Crippen molar-refractivity contribution in [2.45, 2.75) is 11.4 Å². The van der Waals surface area contributed by atoms with Crippen LogP contribution >= 0.6 is 11.8 Å². The van der Waals surface area contributed by atoms with Crippen molar-refractivity contribution in [1.29, 1.82) is 0 Å². The Hall–Kier alpha value is -1.36. The highest BCUT2D eigenvalue weighted by molar-refractivity contribution is 7.99. The average molecular weight is 225 g/mol. The molecule has 0 spiro atoms. The number of ether oxygens (including phenoxy) is 1. The van der Waals surface area contributed by atoms with E-state index in [1.165, 1.54) is 18.9 Å². The highest BCUT2D eigenvalue weighted by Crippen LogP contribution is 2.19. The third-order valence-corrected chi connectivity index (χ3v) is 2.72. The minimum atomic E-state index is -0.258. The van der Waals surface area contributed by atoms with Crippen LogP contribution in [0.2, 0.25) is 0 Å². The zero-order valence-corrected chi connectivity index (χ0v) is 9.12. The van der Waals surface area contributed by atoms with Gasteiger partial charge in [0.15, 0.2) is 6.29 Å². The third-order valence-electron chi connectivity index (χ3n) is 1.70. The molecule has 15 heavy (non-hydrogen) atoms. The van der Waals surface area contributed by atoms with E-state index in [-0.39, 0.29) is 5.97 Å². The van der Waals surface area contributed by atoms with Gasteiger partial charge in [-0.15, -0.1) is 11.8 Å². The molecule has 80 valence electrons. The molecule has 0 atom stereocenters. The smallest absolute Gasteiger partial charge is 0.306 e. The van der Waals surface area contributed by atoms with Crippen molar-refractivity contribution in [3.63, 3.8) is 0 Å². The van der Waals surface area contributed by atoms with Crippen LogP contribution in [0, 0.1) is 0 Å². The number of methoxy groups -OCH3 is 1. The van der Waals surface area contributed by atoms with E-state index in [1.807, 2.05) is 0 Å². The van der Waals surface area contributed by atoms with Crippen molar-refractivity contribution in [2.75, 3.05) is 12.9 Å². The van der Waals surface area contributed by atoms with Gasteiger partial charge in [0.2, 0.25) is 0 Å². The monoisotopic (exact) mass is 225 g/mol. The fraction of sp³-hybridized carbons (Fsp3) is 0.300. The first kappa shape index (κ1) is 11.7. The predicted molar refractivity (Wildman–Crippen MR) is 57.0 cm³/mol. The van der Waals surface area contributed by atoms with Crippen LogP contribution in [0.5, 0.6) is 0 Å². The Morgan fingerprint density at radius 2 is 2.47 bits per heavy atom. The Morgan fingerprint density at radius 1 is 1.67 bits per heavy atom. The Kier molecular flexibility index (Phi) is 4.83. The number of carbonyl (C=O) groups is 2. The summed E-state index contributed by atoms with van der Waals surface area (Å²) in [5.74, 6) is 0.302. The molecule has 0 aliphatic heterocycles.